The van der Waals surface area contributed by atoms with Crippen LogP contribution in [0.3, 0.4) is 0 Å². The highest BCUT2D eigenvalue weighted by molar-refractivity contribution is 8.00. The zero-order chi connectivity index (χ0) is 19.8. The van der Waals surface area contributed by atoms with Gasteiger partial charge in [-0.15, -0.1) is 11.3 Å². The number of pyridine rings is 1. The second-order valence-corrected chi connectivity index (χ2v) is 9.96. The summed E-state index contributed by atoms with van der Waals surface area (Å²) in [6.07, 6.45) is 6.03. The van der Waals surface area contributed by atoms with Crippen LogP contribution < -0.4 is 5.32 Å². The van der Waals surface area contributed by atoms with Crippen molar-refractivity contribution in [3.63, 3.8) is 0 Å². The maximum Gasteiger partial charge on any atom is 0.238 e. The molecule has 3 aromatic heterocycles. The number of nitrogens with zero attached hydrogens (tertiary/aromatic N) is 3. The van der Waals surface area contributed by atoms with E-state index in [0.717, 1.165) is 33.9 Å². The number of thioether (sulfide) groups is 1. The van der Waals surface area contributed by atoms with E-state index in [1.165, 1.54) is 41.2 Å². The normalized spacial score (nSPS) is 14.7. The summed E-state index contributed by atoms with van der Waals surface area (Å²) in [5, 5.41) is 5.13. The molecular weight excluding hydrogens is 435 g/mol. The molecule has 0 spiro atoms. The summed E-state index contributed by atoms with van der Waals surface area (Å²) in [7, 11) is 0. The van der Waals surface area contributed by atoms with Gasteiger partial charge in [-0.25, -0.2) is 15.0 Å². The second kappa shape index (κ2) is 8.14. The lowest BCUT2D eigenvalue weighted by Crippen LogP contribution is -2.23. The van der Waals surface area contributed by atoms with Gasteiger partial charge in [0.1, 0.15) is 15.7 Å². The molecule has 1 aliphatic carbocycles. The number of carbonyl (C=O) groups is 1. The van der Waals surface area contributed by atoms with Crippen LogP contribution in [0.4, 0.5) is 5.82 Å². The summed E-state index contributed by atoms with van der Waals surface area (Å²) in [5.41, 5.74) is 1.36. The number of amides is 1. The SMILES string of the molecule is Cc1nc(SC(C)C(=O)Nc2ncc(Cl)cc2Cl)c2c3c(sc2n1)CCCC3. The van der Waals surface area contributed by atoms with E-state index in [0.29, 0.717) is 15.9 Å². The molecule has 3 heterocycles. The molecule has 1 amide bonds. The highest BCUT2D eigenvalue weighted by Gasteiger charge is 2.24. The van der Waals surface area contributed by atoms with Crippen LogP contribution in [-0.4, -0.2) is 26.1 Å². The molecule has 1 atom stereocenters. The third-order valence-electron chi connectivity index (χ3n) is 4.60. The molecule has 1 aliphatic rings. The van der Waals surface area contributed by atoms with Gasteiger partial charge in [-0.3, -0.25) is 4.79 Å². The number of thiophene rings is 1. The van der Waals surface area contributed by atoms with Crippen molar-refractivity contribution in [1.82, 2.24) is 15.0 Å². The predicted molar refractivity (Wildman–Crippen MR) is 117 cm³/mol. The van der Waals surface area contributed by atoms with Gasteiger partial charge in [0.25, 0.3) is 0 Å². The first-order valence-electron chi connectivity index (χ1n) is 9.00. The van der Waals surface area contributed by atoms with Crippen LogP contribution in [0.25, 0.3) is 10.2 Å². The quantitative estimate of drug-likeness (QED) is 0.406. The van der Waals surface area contributed by atoms with E-state index in [2.05, 4.69) is 20.3 Å². The topological polar surface area (TPSA) is 67.8 Å². The Labute approximate surface area is 181 Å². The third-order valence-corrected chi connectivity index (χ3v) is 7.37. The Balaban J connectivity index is 1.60. The van der Waals surface area contributed by atoms with E-state index in [-0.39, 0.29) is 11.2 Å². The number of nitrogens with one attached hydrogen (secondary N) is 1. The molecule has 5 nitrogen and oxygen atoms in total. The number of carbonyl (C=O) groups excluding carboxylic acids is 1. The number of rotatable bonds is 4. The molecule has 0 bridgehead atoms. The van der Waals surface area contributed by atoms with Gasteiger partial charge in [0.15, 0.2) is 5.82 Å². The molecule has 0 radical (unpaired) electrons. The number of aryl methyl sites for hydroxylation is 3. The lowest BCUT2D eigenvalue weighted by Gasteiger charge is -2.14. The van der Waals surface area contributed by atoms with Crippen LogP contribution in [0.1, 0.15) is 36.0 Å². The van der Waals surface area contributed by atoms with Crippen molar-refractivity contribution >= 4 is 68.2 Å². The number of hydrogen-bond donors (Lipinski definition) is 1. The average Bonchev–Trinajstić information content (AvgIpc) is 3.02. The van der Waals surface area contributed by atoms with Crippen molar-refractivity contribution in [1.29, 1.82) is 0 Å². The van der Waals surface area contributed by atoms with Crippen LogP contribution in [0.2, 0.25) is 10.0 Å². The number of anilines is 1. The molecule has 9 heteroatoms. The van der Waals surface area contributed by atoms with Gasteiger partial charge in [0.2, 0.25) is 5.91 Å². The molecule has 0 aromatic carbocycles. The van der Waals surface area contributed by atoms with E-state index in [1.807, 2.05) is 13.8 Å². The molecular formula is C19H18Cl2N4OS2. The van der Waals surface area contributed by atoms with Gasteiger partial charge in [-0.1, -0.05) is 35.0 Å². The first kappa shape index (κ1) is 19.9. The number of fused-ring (bicyclic) bond motifs is 3. The van der Waals surface area contributed by atoms with E-state index in [9.17, 15) is 4.79 Å². The van der Waals surface area contributed by atoms with Gasteiger partial charge < -0.3 is 5.32 Å². The van der Waals surface area contributed by atoms with Crippen molar-refractivity contribution in [3.05, 3.63) is 38.6 Å². The van der Waals surface area contributed by atoms with E-state index < -0.39 is 0 Å². The fourth-order valence-electron chi connectivity index (χ4n) is 3.26. The van der Waals surface area contributed by atoms with Gasteiger partial charge >= 0.3 is 0 Å². The Bertz CT molecular complexity index is 1070. The van der Waals surface area contributed by atoms with Crippen molar-refractivity contribution < 1.29 is 4.79 Å². The van der Waals surface area contributed by atoms with Crippen molar-refractivity contribution in [2.24, 2.45) is 0 Å². The van der Waals surface area contributed by atoms with E-state index >= 15 is 0 Å². The van der Waals surface area contributed by atoms with Gasteiger partial charge in [-0.05, 0) is 51.2 Å². The predicted octanol–water partition coefficient (Wildman–Crippen LogP) is 5.70. The maximum atomic E-state index is 12.7. The summed E-state index contributed by atoms with van der Waals surface area (Å²) >= 11 is 15.2. The first-order valence-corrected chi connectivity index (χ1v) is 11.4. The summed E-state index contributed by atoms with van der Waals surface area (Å²) in [6.45, 7) is 3.75. The summed E-state index contributed by atoms with van der Waals surface area (Å²) in [5.74, 6) is 0.847. The maximum absolute atomic E-state index is 12.7. The minimum atomic E-state index is -0.370. The Morgan fingerprint density at radius 1 is 1.29 bits per heavy atom. The average molecular weight is 453 g/mol. The molecule has 146 valence electrons. The monoisotopic (exact) mass is 452 g/mol. The zero-order valence-electron chi connectivity index (χ0n) is 15.4. The van der Waals surface area contributed by atoms with E-state index in [4.69, 9.17) is 23.2 Å². The van der Waals surface area contributed by atoms with E-state index in [1.54, 1.807) is 17.4 Å². The molecule has 0 aliphatic heterocycles. The van der Waals surface area contributed by atoms with Gasteiger partial charge in [0.05, 0.1) is 15.3 Å². The molecule has 1 unspecified atom stereocenters. The number of hydrogen-bond acceptors (Lipinski definition) is 6. The smallest absolute Gasteiger partial charge is 0.238 e. The van der Waals surface area contributed by atoms with Crippen LogP contribution in [-0.2, 0) is 17.6 Å². The first-order chi connectivity index (χ1) is 13.4. The lowest BCUT2D eigenvalue weighted by molar-refractivity contribution is -0.115. The van der Waals surface area contributed by atoms with Gasteiger partial charge in [0, 0.05) is 16.5 Å². The van der Waals surface area contributed by atoms with Crippen molar-refractivity contribution in [3.8, 4) is 0 Å². The Morgan fingerprint density at radius 3 is 2.86 bits per heavy atom. The Kier molecular flexibility index (Phi) is 5.78. The highest BCUT2D eigenvalue weighted by Crippen LogP contribution is 2.40. The molecule has 4 rings (SSSR count). The summed E-state index contributed by atoms with van der Waals surface area (Å²) in [4.78, 5) is 28.5. The van der Waals surface area contributed by atoms with Crippen LogP contribution in [0.5, 0.6) is 0 Å². The minimum Gasteiger partial charge on any atom is -0.308 e. The second-order valence-electron chi connectivity index (χ2n) is 6.70. The van der Waals surface area contributed by atoms with Crippen LogP contribution in [0, 0.1) is 6.92 Å². The molecule has 1 N–H and O–H groups in total. The highest BCUT2D eigenvalue weighted by atomic mass is 35.5. The standard InChI is InChI=1S/C19H18Cl2N4OS2/c1-9(17(26)25-16-13(21)7-11(20)8-22-16)27-18-15-12-5-3-4-6-14(12)28-19(15)24-10(2)23-18/h7-9H,3-6H2,1-2H3,(H,22,25,26). The van der Waals surface area contributed by atoms with Gasteiger partial charge in [-0.2, -0.15) is 0 Å². The number of halogens is 2. The number of aromatic nitrogens is 3. The summed E-state index contributed by atoms with van der Waals surface area (Å²) in [6, 6.07) is 1.55. The third kappa shape index (κ3) is 3.99. The van der Waals surface area contributed by atoms with Crippen molar-refractivity contribution in [2.75, 3.05) is 5.32 Å². The molecule has 0 saturated heterocycles. The molecule has 3 aromatic rings. The molecule has 28 heavy (non-hydrogen) atoms. The molecule has 0 saturated carbocycles. The lowest BCUT2D eigenvalue weighted by atomic mass is 9.97. The largest absolute Gasteiger partial charge is 0.308 e. The Hall–Kier alpha value is -1.41. The van der Waals surface area contributed by atoms with Crippen LogP contribution >= 0.6 is 46.3 Å². The minimum absolute atomic E-state index is 0.185. The zero-order valence-corrected chi connectivity index (χ0v) is 18.5. The fraction of sp³-hybridized carbons (Fsp3) is 0.368. The molecule has 0 fully saturated rings. The van der Waals surface area contributed by atoms with Crippen molar-refractivity contribution in [2.45, 2.75) is 49.8 Å². The Morgan fingerprint density at radius 2 is 2.07 bits per heavy atom. The fourth-order valence-corrected chi connectivity index (χ4v) is 6.08. The summed E-state index contributed by atoms with van der Waals surface area (Å²) < 4.78 is 0. The van der Waals surface area contributed by atoms with Crippen LogP contribution in [0.15, 0.2) is 17.3 Å².